The van der Waals surface area contributed by atoms with Crippen molar-refractivity contribution in [3.63, 3.8) is 0 Å². The van der Waals surface area contributed by atoms with Gasteiger partial charge in [0.1, 0.15) is 5.75 Å². The molecule has 1 heterocycles. The van der Waals surface area contributed by atoms with E-state index in [-0.39, 0.29) is 24.1 Å². The van der Waals surface area contributed by atoms with Crippen LogP contribution in [0.15, 0.2) is 66.7 Å². The Kier molecular flexibility index (Phi) is 9.63. The third-order valence-corrected chi connectivity index (χ3v) is 7.46. The van der Waals surface area contributed by atoms with E-state index in [2.05, 4.69) is 33.2 Å². The van der Waals surface area contributed by atoms with Crippen LogP contribution in [-0.4, -0.2) is 42.5 Å². The topological polar surface area (TPSA) is 89.4 Å². The van der Waals surface area contributed by atoms with Gasteiger partial charge in [0.15, 0.2) is 0 Å². The highest BCUT2D eigenvalue weighted by Crippen LogP contribution is 2.31. The van der Waals surface area contributed by atoms with Crippen LogP contribution >= 0.6 is 34.2 Å². The van der Waals surface area contributed by atoms with Crippen molar-refractivity contribution in [1.82, 2.24) is 15.2 Å². The van der Waals surface area contributed by atoms with Gasteiger partial charge in [-0.15, -0.1) is 0 Å². The number of aromatic nitrogens is 1. The zero-order chi connectivity index (χ0) is 27.9. The number of carbonyl (C=O) groups excluding carboxylic acids is 3. The number of ether oxygens (including phenoxy) is 1. The van der Waals surface area contributed by atoms with Crippen LogP contribution in [0.25, 0.3) is 10.9 Å². The Morgan fingerprint density at radius 1 is 0.897 bits per heavy atom. The Labute approximate surface area is 246 Å². The smallest absolute Gasteiger partial charge is 0.262 e. The van der Waals surface area contributed by atoms with Crippen molar-refractivity contribution >= 4 is 62.8 Å². The molecule has 0 spiro atoms. The predicted octanol–water partition coefficient (Wildman–Crippen LogP) is 5.77. The maximum absolute atomic E-state index is 13.4. The lowest BCUT2D eigenvalue weighted by Crippen LogP contribution is -2.28. The summed E-state index contributed by atoms with van der Waals surface area (Å²) in [7, 11) is 1.58. The summed E-state index contributed by atoms with van der Waals surface area (Å²) >= 11 is 8.20. The van der Waals surface area contributed by atoms with Crippen molar-refractivity contribution in [1.29, 1.82) is 0 Å². The maximum Gasteiger partial charge on any atom is 0.262 e. The molecule has 0 aliphatic rings. The Morgan fingerprint density at radius 3 is 2.21 bits per heavy atom. The standard InChI is InChI=1S/C30H29ClIN3O4/c1-19-25(18-28(36)33-15-3-4-16-34-29(37)20-7-11-23(32)12-8-20)26-17-24(39-2)13-14-27(26)35(19)30(38)21-5-9-22(31)10-6-21/h5-14,17H,3-4,15-16,18H2,1-2H3,(H,33,36)(H,34,37). The predicted molar refractivity (Wildman–Crippen MR) is 162 cm³/mol. The summed E-state index contributed by atoms with van der Waals surface area (Å²) in [6.45, 7) is 2.86. The van der Waals surface area contributed by atoms with Gasteiger partial charge in [-0.05, 0) is 115 Å². The molecule has 0 saturated heterocycles. The highest BCUT2D eigenvalue weighted by molar-refractivity contribution is 14.1. The van der Waals surface area contributed by atoms with Crippen molar-refractivity contribution in [2.24, 2.45) is 0 Å². The fourth-order valence-corrected chi connectivity index (χ4v) is 4.89. The third kappa shape index (κ3) is 6.99. The van der Waals surface area contributed by atoms with Crippen LogP contribution in [0, 0.1) is 10.5 Å². The SMILES string of the molecule is COc1ccc2c(c1)c(CC(=O)NCCCCNC(=O)c1ccc(I)cc1)c(C)n2C(=O)c1ccc(Cl)cc1. The third-order valence-electron chi connectivity index (χ3n) is 6.49. The molecule has 39 heavy (non-hydrogen) atoms. The molecule has 0 saturated carbocycles. The first kappa shape index (κ1) is 28.6. The molecule has 2 N–H and O–H groups in total. The number of carbonyl (C=O) groups is 3. The summed E-state index contributed by atoms with van der Waals surface area (Å²) in [4.78, 5) is 38.5. The number of hydrogen-bond donors (Lipinski definition) is 2. The molecular weight excluding hydrogens is 629 g/mol. The normalized spacial score (nSPS) is 10.9. The molecule has 0 bridgehead atoms. The average Bonchev–Trinajstić information content (AvgIpc) is 3.20. The second-order valence-electron chi connectivity index (χ2n) is 9.09. The first-order chi connectivity index (χ1) is 18.8. The van der Waals surface area contributed by atoms with Gasteiger partial charge in [-0.3, -0.25) is 19.0 Å². The molecule has 9 heteroatoms. The lowest BCUT2D eigenvalue weighted by Gasteiger charge is -2.09. The summed E-state index contributed by atoms with van der Waals surface area (Å²) in [6, 6.07) is 19.6. The van der Waals surface area contributed by atoms with Crippen LogP contribution in [0.3, 0.4) is 0 Å². The van der Waals surface area contributed by atoms with E-state index in [4.69, 9.17) is 16.3 Å². The Morgan fingerprint density at radius 2 is 1.54 bits per heavy atom. The number of nitrogens with one attached hydrogen (secondary N) is 2. The molecule has 0 unspecified atom stereocenters. The van der Waals surface area contributed by atoms with Gasteiger partial charge in [-0.1, -0.05) is 11.6 Å². The van der Waals surface area contributed by atoms with Crippen molar-refractivity contribution in [3.05, 3.63) is 97.7 Å². The zero-order valence-corrected chi connectivity index (χ0v) is 24.6. The van der Waals surface area contributed by atoms with E-state index in [0.717, 1.165) is 27.4 Å². The molecule has 0 fully saturated rings. The Bertz CT molecular complexity index is 1500. The van der Waals surface area contributed by atoms with Gasteiger partial charge in [-0.25, -0.2) is 0 Å². The number of unbranched alkanes of at least 4 members (excludes halogenated alkanes) is 1. The van der Waals surface area contributed by atoms with Gasteiger partial charge >= 0.3 is 0 Å². The van der Waals surface area contributed by atoms with Gasteiger partial charge in [0.2, 0.25) is 5.91 Å². The Hall–Kier alpha value is -3.37. The first-order valence-electron chi connectivity index (χ1n) is 12.6. The van der Waals surface area contributed by atoms with Gasteiger partial charge in [0.05, 0.1) is 19.0 Å². The quantitative estimate of drug-likeness (QED) is 0.167. The van der Waals surface area contributed by atoms with Crippen molar-refractivity contribution in [2.75, 3.05) is 20.2 Å². The van der Waals surface area contributed by atoms with Gasteiger partial charge in [0.25, 0.3) is 11.8 Å². The van der Waals surface area contributed by atoms with Gasteiger partial charge in [0, 0.05) is 43.9 Å². The molecule has 2 amide bonds. The molecule has 0 radical (unpaired) electrons. The van der Waals surface area contributed by atoms with Gasteiger partial charge < -0.3 is 15.4 Å². The lowest BCUT2D eigenvalue weighted by molar-refractivity contribution is -0.120. The molecule has 0 atom stereocenters. The van der Waals surface area contributed by atoms with Crippen molar-refractivity contribution < 1.29 is 19.1 Å². The van der Waals surface area contributed by atoms with E-state index in [1.807, 2.05) is 31.2 Å². The molecule has 1 aromatic heterocycles. The van der Waals surface area contributed by atoms with E-state index >= 15 is 0 Å². The summed E-state index contributed by atoms with van der Waals surface area (Å²) in [6.07, 6.45) is 1.59. The van der Waals surface area contributed by atoms with Crippen LogP contribution in [0.2, 0.25) is 5.02 Å². The maximum atomic E-state index is 13.4. The first-order valence-corrected chi connectivity index (χ1v) is 14.0. The van der Waals surface area contributed by atoms with E-state index < -0.39 is 0 Å². The van der Waals surface area contributed by atoms with Crippen LogP contribution in [0.5, 0.6) is 5.75 Å². The number of rotatable bonds is 10. The van der Waals surface area contributed by atoms with E-state index in [0.29, 0.717) is 46.2 Å². The number of halogens is 2. The minimum atomic E-state index is -0.196. The van der Waals surface area contributed by atoms with E-state index in [9.17, 15) is 14.4 Å². The van der Waals surface area contributed by atoms with Crippen molar-refractivity contribution in [3.8, 4) is 5.75 Å². The molecule has 4 aromatic rings. The monoisotopic (exact) mass is 657 g/mol. The van der Waals surface area contributed by atoms with E-state index in [1.54, 1.807) is 54.1 Å². The number of amides is 2. The summed E-state index contributed by atoms with van der Waals surface area (Å²) in [5.74, 6) is 0.207. The lowest BCUT2D eigenvalue weighted by atomic mass is 10.1. The molecule has 0 aliphatic heterocycles. The summed E-state index contributed by atoms with van der Waals surface area (Å²) in [5, 5.41) is 7.21. The fourth-order valence-electron chi connectivity index (χ4n) is 4.40. The van der Waals surface area contributed by atoms with Crippen LogP contribution < -0.4 is 15.4 Å². The molecule has 0 aliphatic carbocycles. The largest absolute Gasteiger partial charge is 0.497 e. The molecule has 3 aromatic carbocycles. The van der Waals surface area contributed by atoms with Crippen LogP contribution in [0.1, 0.15) is 44.8 Å². The molecule has 202 valence electrons. The molecule has 4 rings (SSSR count). The van der Waals surface area contributed by atoms with Crippen LogP contribution in [0.4, 0.5) is 0 Å². The second kappa shape index (κ2) is 13.1. The van der Waals surface area contributed by atoms with Gasteiger partial charge in [-0.2, -0.15) is 0 Å². The number of benzene rings is 3. The fraction of sp³-hybridized carbons (Fsp3) is 0.233. The summed E-state index contributed by atoms with van der Waals surface area (Å²) in [5.41, 5.74) is 3.31. The zero-order valence-electron chi connectivity index (χ0n) is 21.7. The highest BCUT2D eigenvalue weighted by Gasteiger charge is 2.22. The Balaban J connectivity index is 1.38. The highest BCUT2D eigenvalue weighted by atomic mass is 127. The van der Waals surface area contributed by atoms with Crippen LogP contribution in [-0.2, 0) is 11.2 Å². The average molecular weight is 658 g/mol. The van der Waals surface area contributed by atoms with E-state index in [1.165, 1.54) is 0 Å². The molecule has 7 nitrogen and oxygen atoms in total. The van der Waals surface area contributed by atoms with Crippen molar-refractivity contribution in [2.45, 2.75) is 26.2 Å². The second-order valence-corrected chi connectivity index (χ2v) is 10.8. The minimum absolute atomic E-state index is 0.106. The number of fused-ring (bicyclic) bond motifs is 1. The number of hydrogen-bond acceptors (Lipinski definition) is 4. The molecular formula is C30H29ClIN3O4. The minimum Gasteiger partial charge on any atom is -0.497 e. The number of methoxy groups -OCH3 is 1. The number of nitrogens with zero attached hydrogens (tertiary/aromatic N) is 1. The summed E-state index contributed by atoms with van der Waals surface area (Å²) < 4.78 is 8.11.